The van der Waals surface area contributed by atoms with Crippen LogP contribution in [0, 0.1) is 0 Å². The summed E-state index contributed by atoms with van der Waals surface area (Å²) in [7, 11) is 0. The van der Waals surface area contributed by atoms with Crippen molar-refractivity contribution in [3.63, 3.8) is 0 Å². The highest BCUT2D eigenvalue weighted by Gasteiger charge is 2.30. The molecule has 0 spiro atoms. The molecule has 0 aromatic heterocycles. The van der Waals surface area contributed by atoms with E-state index in [1.54, 1.807) is 11.0 Å². The van der Waals surface area contributed by atoms with Crippen molar-refractivity contribution in [2.24, 2.45) is 5.73 Å². The van der Waals surface area contributed by atoms with Gasteiger partial charge in [0.25, 0.3) is 5.91 Å². The van der Waals surface area contributed by atoms with Crippen molar-refractivity contribution in [1.29, 1.82) is 0 Å². The summed E-state index contributed by atoms with van der Waals surface area (Å²) in [5.74, 6) is 1.05. The first kappa shape index (κ1) is 14.1. The lowest BCUT2D eigenvalue weighted by atomic mass is 9.97. The number of hydrogen-bond donors (Lipinski definition) is 1. The predicted octanol–water partition coefficient (Wildman–Crippen LogP) is 1.99. The van der Waals surface area contributed by atoms with Gasteiger partial charge in [-0.1, -0.05) is 24.3 Å². The smallest absolute Gasteiger partial charge is 0.262 e. The van der Waals surface area contributed by atoms with Crippen molar-refractivity contribution in [2.75, 3.05) is 24.7 Å². The number of ether oxygens (including phenoxy) is 2. The molecule has 1 atom stereocenters. The van der Waals surface area contributed by atoms with E-state index in [2.05, 4.69) is 0 Å². The summed E-state index contributed by atoms with van der Waals surface area (Å²) in [6, 6.07) is 13.2. The molecule has 2 aromatic rings. The summed E-state index contributed by atoms with van der Waals surface area (Å²) < 4.78 is 11.2. The third-order valence-corrected chi connectivity index (χ3v) is 4.22. The first-order valence-corrected chi connectivity index (χ1v) is 7.78. The molecule has 5 heteroatoms. The van der Waals surface area contributed by atoms with Crippen LogP contribution in [-0.4, -0.2) is 31.7 Å². The second kappa shape index (κ2) is 5.59. The molecule has 0 fully saturated rings. The number of benzene rings is 2. The number of hydrogen-bond acceptors (Lipinski definition) is 4. The van der Waals surface area contributed by atoms with E-state index in [9.17, 15) is 4.79 Å². The van der Waals surface area contributed by atoms with Gasteiger partial charge in [-0.15, -0.1) is 0 Å². The van der Waals surface area contributed by atoms with Crippen LogP contribution in [0.5, 0.6) is 11.5 Å². The normalized spacial score (nSPS) is 19.2. The maximum atomic E-state index is 13.1. The molecule has 0 saturated carbocycles. The maximum Gasteiger partial charge on any atom is 0.262 e. The van der Waals surface area contributed by atoms with Crippen LogP contribution >= 0.6 is 0 Å². The number of nitrogens with two attached hydrogens (primary N) is 1. The molecule has 0 bridgehead atoms. The van der Waals surface area contributed by atoms with Gasteiger partial charge in [-0.2, -0.15) is 0 Å². The van der Waals surface area contributed by atoms with Crippen LogP contribution in [-0.2, 0) is 6.42 Å². The van der Waals surface area contributed by atoms with Crippen LogP contribution in [0.1, 0.15) is 15.9 Å². The summed E-state index contributed by atoms with van der Waals surface area (Å²) in [6.07, 6.45) is 0.784. The Morgan fingerprint density at radius 2 is 1.91 bits per heavy atom. The van der Waals surface area contributed by atoms with Crippen LogP contribution in [0.3, 0.4) is 0 Å². The number of para-hydroxylation sites is 2. The summed E-state index contributed by atoms with van der Waals surface area (Å²) in [4.78, 5) is 14.9. The fourth-order valence-corrected chi connectivity index (χ4v) is 3.21. The van der Waals surface area contributed by atoms with Crippen LogP contribution in [0.4, 0.5) is 5.69 Å². The molecule has 0 saturated heterocycles. The van der Waals surface area contributed by atoms with Gasteiger partial charge in [0.05, 0.1) is 5.56 Å². The van der Waals surface area contributed by atoms with Crippen molar-refractivity contribution in [3.05, 3.63) is 53.6 Å². The topological polar surface area (TPSA) is 64.8 Å². The number of amides is 1. The number of rotatable bonds is 1. The Balaban J connectivity index is 1.76. The molecule has 2 heterocycles. The Bertz CT molecular complexity index is 760. The van der Waals surface area contributed by atoms with Gasteiger partial charge in [0.1, 0.15) is 13.2 Å². The van der Waals surface area contributed by atoms with E-state index in [1.165, 1.54) is 0 Å². The quantitative estimate of drug-likeness (QED) is 0.875. The second-order valence-corrected chi connectivity index (χ2v) is 5.84. The number of carbonyl (C=O) groups excluding carboxylic acids is 1. The number of carbonyl (C=O) groups is 1. The second-order valence-electron chi connectivity index (χ2n) is 5.84. The third kappa shape index (κ3) is 2.43. The molecule has 1 unspecified atom stereocenters. The van der Waals surface area contributed by atoms with E-state index in [4.69, 9.17) is 15.2 Å². The zero-order valence-electron chi connectivity index (χ0n) is 12.7. The Labute approximate surface area is 134 Å². The minimum absolute atomic E-state index is 0.0643. The SMILES string of the molecule is NC1Cc2ccccc2N(C(=O)c2cccc3c2OCCO3)C1. The first-order valence-electron chi connectivity index (χ1n) is 7.78. The molecule has 0 aliphatic carbocycles. The van der Waals surface area contributed by atoms with Gasteiger partial charge >= 0.3 is 0 Å². The number of anilines is 1. The Morgan fingerprint density at radius 3 is 2.83 bits per heavy atom. The molecule has 4 rings (SSSR count). The minimum Gasteiger partial charge on any atom is -0.486 e. The average molecular weight is 310 g/mol. The van der Waals surface area contributed by atoms with Crippen molar-refractivity contribution in [2.45, 2.75) is 12.5 Å². The molecule has 2 aliphatic heterocycles. The van der Waals surface area contributed by atoms with Crippen LogP contribution in [0.25, 0.3) is 0 Å². The molecular formula is C18H18N2O3. The standard InChI is InChI=1S/C18H18N2O3/c19-13-10-12-4-1-2-6-15(12)20(11-13)18(21)14-5-3-7-16-17(14)23-9-8-22-16/h1-7,13H,8-11,19H2. The van der Waals surface area contributed by atoms with Crippen molar-refractivity contribution < 1.29 is 14.3 Å². The van der Waals surface area contributed by atoms with Crippen molar-refractivity contribution in [3.8, 4) is 11.5 Å². The van der Waals surface area contributed by atoms with Gasteiger partial charge in [-0.05, 0) is 30.2 Å². The van der Waals surface area contributed by atoms with Gasteiger partial charge in [0.2, 0.25) is 0 Å². The minimum atomic E-state index is -0.102. The van der Waals surface area contributed by atoms with Crippen LogP contribution < -0.4 is 20.1 Å². The molecule has 2 aromatic carbocycles. The van der Waals surface area contributed by atoms with Crippen LogP contribution in [0.15, 0.2) is 42.5 Å². The number of fused-ring (bicyclic) bond motifs is 2. The van der Waals surface area contributed by atoms with Gasteiger partial charge < -0.3 is 20.1 Å². The highest BCUT2D eigenvalue weighted by molar-refractivity contribution is 6.09. The molecule has 118 valence electrons. The van der Waals surface area contributed by atoms with E-state index >= 15 is 0 Å². The van der Waals surface area contributed by atoms with E-state index in [0.717, 1.165) is 17.7 Å². The summed E-state index contributed by atoms with van der Waals surface area (Å²) in [5.41, 5.74) is 8.69. The van der Waals surface area contributed by atoms with Crippen molar-refractivity contribution >= 4 is 11.6 Å². The van der Waals surface area contributed by atoms with Crippen molar-refractivity contribution in [1.82, 2.24) is 0 Å². The summed E-state index contributed by atoms with van der Waals surface area (Å²) in [6.45, 7) is 1.45. The lowest BCUT2D eigenvalue weighted by Crippen LogP contribution is -2.46. The highest BCUT2D eigenvalue weighted by atomic mass is 16.6. The predicted molar refractivity (Wildman–Crippen MR) is 87.2 cm³/mol. The van der Waals surface area contributed by atoms with Crippen LogP contribution in [0.2, 0.25) is 0 Å². The zero-order valence-corrected chi connectivity index (χ0v) is 12.7. The van der Waals surface area contributed by atoms with E-state index in [1.807, 2.05) is 36.4 Å². The molecule has 5 nitrogen and oxygen atoms in total. The Hall–Kier alpha value is -2.53. The largest absolute Gasteiger partial charge is 0.486 e. The van der Waals surface area contributed by atoms with Gasteiger partial charge in [0, 0.05) is 18.3 Å². The summed E-state index contributed by atoms with van der Waals surface area (Å²) >= 11 is 0. The highest BCUT2D eigenvalue weighted by Crippen LogP contribution is 2.36. The monoisotopic (exact) mass is 310 g/mol. The van der Waals surface area contributed by atoms with E-state index in [-0.39, 0.29) is 11.9 Å². The van der Waals surface area contributed by atoms with E-state index in [0.29, 0.717) is 36.8 Å². The maximum absolute atomic E-state index is 13.1. The fraction of sp³-hybridized carbons (Fsp3) is 0.278. The lowest BCUT2D eigenvalue weighted by molar-refractivity contribution is 0.0972. The zero-order chi connectivity index (χ0) is 15.8. The molecular weight excluding hydrogens is 292 g/mol. The molecule has 2 N–H and O–H groups in total. The van der Waals surface area contributed by atoms with Gasteiger partial charge in [0.15, 0.2) is 11.5 Å². The number of nitrogens with zero attached hydrogens (tertiary/aromatic N) is 1. The summed E-state index contributed by atoms with van der Waals surface area (Å²) in [5, 5.41) is 0. The molecule has 1 amide bonds. The van der Waals surface area contributed by atoms with Gasteiger partial charge in [-0.25, -0.2) is 0 Å². The molecule has 2 aliphatic rings. The third-order valence-electron chi connectivity index (χ3n) is 4.22. The Kier molecular flexibility index (Phi) is 3.42. The molecule has 23 heavy (non-hydrogen) atoms. The van der Waals surface area contributed by atoms with Gasteiger partial charge in [-0.3, -0.25) is 4.79 Å². The van der Waals surface area contributed by atoms with E-state index < -0.39 is 0 Å². The fourth-order valence-electron chi connectivity index (χ4n) is 3.21. The Morgan fingerprint density at radius 1 is 1.09 bits per heavy atom. The first-order chi connectivity index (χ1) is 11.2. The lowest BCUT2D eigenvalue weighted by Gasteiger charge is -2.33. The molecule has 0 radical (unpaired) electrons. The average Bonchev–Trinajstić information content (AvgIpc) is 2.60.